The van der Waals surface area contributed by atoms with Gasteiger partial charge < -0.3 is 20.5 Å². The molecule has 2 fully saturated rings. The van der Waals surface area contributed by atoms with Crippen molar-refractivity contribution in [3.8, 4) is 0 Å². The molecule has 1 aliphatic heterocycles. The third-order valence-electron chi connectivity index (χ3n) is 4.97. The van der Waals surface area contributed by atoms with Crippen LogP contribution in [-0.2, 0) is 4.74 Å². The van der Waals surface area contributed by atoms with Crippen LogP contribution in [0.25, 0.3) is 0 Å². The average Bonchev–Trinajstić information content (AvgIpc) is 2.96. The van der Waals surface area contributed by atoms with E-state index in [2.05, 4.69) is 10.2 Å². The molecule has 8 heteroatoms. The second-order valence-corrected chi connectivity index (χ2v) is 6.43. The fraction of sp³-hybridized carbons (Fsp3) is 0.714. The highest BCUT2D eigenvalue weighted by atomic mass is 35.5. The summed E-state index contributed by atoms with van der Waals surface area (Å²) in [7, 11) is 0. The molecule has 0 bridgehead atoms. The van der Waals surface area contributed by atoms with Gasteiger partial charge in [-0.3, -0.25) is 9.89 Å². The number of aliphatic hydroxyl groups is 1. The van der Waals surface area contributed by atoms with Gasteiger partial charge in [0.25, 0.3) is 5.91 Å². The van der Waals surface area contributed by atoms with Gasteiger partial charge in [-0.05, 0) is 12.8 Å². The number of likely N-dealkylation sites (tertiary alicyclic amines) is 1. The summed E-state index contributed by atoms with van der Waals surface area (Å²) in [6, 6.07) is 0. The van der Waals surface area contributed by atoms with Crippen LogP contribution in [0.1, 0.15) is 29.8 Å². The standard InChI is InChI=1S/C14H21ClN4O3/c15-9-8-17-18-12(9)13(21)19-4-1-14(2-5-19)10(20)7-11(14)22-6-3-16/h8,10-11,20H,1-7,16H2,(H,17,18)/t10-,11+/m1/s1. The Labute approximate surface area is 133 Å². The monoisotopic (exact) mass is 328 g/mol. The van der Waals surface area contributed by atoms with E-state index in [0.29, 0.717) is 43.4 Å². The number of ether oxygens (including phenoxy) is 1. The molecule has 1 aromatic rings. The number of H-pyrrole nitrogens is 1. The van der Waals surface area contributed by atoms with Gasteiger partial charge >= 0.3 is 0 Å². The molecule has 2 heterocycles. The highest BCUT2D eigenvalue weighted by Crippen LogP contribution is 2.51. The van der Waals surface area contributed by atoms with Gasteiger partial charge in [-0.15, -0.1) is 0 Å². The summed E-state index contributed by atoms with van der Waals surface area (Å²) < 4.78 is 5.75. The molecule has 1 saturated carbocycles. The number of carbonyl (C=O) groups is 1. The number of hydrogen-bond acceptors (Lipinski definition) is 5. The van der Waals surface area contributed by atoms with Crippen molar-refractivity contribution in [3.63, 3.8) is 0 Å². The number of hydrogen-bond donors (Lipinski definition) is 3. The number of aromatic nitrogens is 2. The minimum Gasteiger partial charge on any atom is -0.392 e. The maximum Gasteiger partial charge on any atom is 0.273 e. The third-order valence-corrected chi connectivity index (χ3v) is 5.25. The third kappa shape index (κ3) is 2.52. The SMILES string of the molecule is NCCO[C@H]1C[C@@H](O)C12CCN(C(=O)c1[nH]ncc1Cl)CC2. The summed E-state index contributed by atoms with van der Waals surface area (Å²) in [5.41, 5.74) is 5.57. The molecule has 1 aromatic heterocycles. The van der Waals surface area contributed by atoms with Crippen LogP contribution in [0.2, 0.25) is 5.02 Å². The summed E-state index contributed by atoms with van der Waals surface area (Å²) in [4.78, 5) is 14.1. The Morgan fingerprint density at radius 2 is 2.32 bits per heavy atom. The van der Waals surface area contributed by atoms with Crippen LogP contribution in [0.15, 0.2) is 6.20 Å². The molecule has 22 heavy (non-hydrogen) atoms. The van der Waals surface area contributed by atoms with Crippen LogP contribution in [0.3, 0.4) is 0 Å². The number of nitrogens with zero attached hydrogens (tertiary/aromatic N) is 2. The molecule has 0 aromatic carbocycles. The summed E-state index contributed by atoms with van der Waals surface area (Å²) in [5, 5.41) is 16.9. The number of rotatable bonds is 4. The lowest BCUT2D eigenvalue weighted by atomic mass is 9.58. The van der Waals surface area contributed by atoms with Crippen molar-refractivity contribution in [2.24, 2.45) is 11.1 Å². The minimum atomic E-state index is -0.358. The van der Waals surface area contributed by atoms with Crippen LogP contribution < -0.4 is 5.73 Å². The van der Waals surface area contributed by atoms with Crippen LogP contribution in [-0.4, -0.2) is 64.6 Å². The lowest BCUT2D eigenvalue weighted by Gasteiger charge is -2.56. The van der Waals surface area contributed by atoms with E-state index < -0.39 is 0 Å². The number of piperidine rings is 1. The highest BCUT2D eigenvalue weighted by Gasteiger charge is 2.56. The van der Waals surface area contributed by atoms with Crippen molar-refractivity contribution < 1.29 is 14.6 Å². The fourth-order valence-corrected chi connectivity index (χ4v) is 3.70. The molecule has 4 N–H and O–H groups in total. The molecule has 0 unspecified atom stereocenters. The van der Waals surface area contributed by atoms with E-state index in [-0.39, 0.29) is 23.5 Å². The van der Waals surface area contributed by atoms with E-state index in [9.17, 15) is 9.90 Å². The molecule has 1 saturated heterocycles. The molecular weight excluding hydrogens is 308 g/mol. The van der Waals surface area contributed by atoms with Gasteiger partial charge in [0.2, 0.25) is 0 Å². The maximum absolute atomic E-state index is 12.4. The van der Waals surface area contributed by atoms with Gasteiger partial charge in [-0.1, -0.05) is 11.6 Å². The molecule has 1 amide bonds. The molecule has 1 spiro atoms. The van der Waals surface area contributed by atoms with Gasteiger partial charge in [0.05, 0.1) is 30.0 Å². The van der Waals surface area contributed by atoms with E-state index in [0.717, 1.165) is 12.8 Å². The topological polar surface area (TPSA) is 104 Å². The number of nitrogens with two attached hydrogens (primary N) is 1. The Hall–Kier alpha value is -1.15. The van der Waals surface area contributed by atoms with Gasteiger partial charge in [0.1, 0.15) is 5.69 Å². The Morgan fingerprint density at radius 1 is 1.59 bits per heavy atom. The largest absolute Gasteiger partial charge is 0.392 e. The molecule has 0 radical (unpaired) electrons. The van der Waals surface area contributed by atoms with Crippen molar-refractivity contribution in [2.45, 2.75) is 31.5 Å². The van der Waals surface area contributed by atoms with Crippen molar-refractivity contribution in [3.05, 3.63) is 16.9 Å². The molecular formula is C14H21ClN4O3. The molecule has 3 rings (SSSR count). The van der Waals surface area contributed by atoms with Gasteiger partial charge in [-0.25, -0.2) is 0 Å². The zero-order valence-corrected chi connectivity index (χ0v) is 13.1. The average molecular weight is 329 g/mol. The van der Waals surface area contributed by atoms with Crippen LogP contribution in [0.4, 0.5) is 0 Å². The summed E-state index contributed by atoms with van der Waals surface area (Å²) in [6.45, 7) is 2.14. The number of aromatic amines is 1. The second kappa shape index (κ2) is 6.16. The van der Waals surface area contributed by atoms with E-state index >= 15 is 0 Å². The zero-order chi connectivity index (χ0) is 15.7. The van der Waals surface area contributed by atoms with Crippen molar-refractivity contribution in [2.75, 3.05) is 26.2 Å². The minimum absolute atomic E-state index is 0.0408. The molecule has 2 aliphatic rings. The smallest absolute Gasteiger partial charge is 0.273 e. The maximum atomic E-state index is 12.4. The summed E-state index contributed by atoms with van der Waals surface area (Å²) in [5.74, 6) is -0.148. The molecule has 122 valence electrons. The van der Waals surface area contributed by atoms with E-state index in [1.807, 2.05) is 0 Å². The van der Waals surface area contributed by atoms with Gasteiger partial charge in [0.15, 0.2) is 0 Å². The number of nitrogens with one attached hydrogen (secondary N) is 1. The fourth-order valence-electron chi connectivity index (χ4n) is 3.53. The summed E-state index contributed by atoms with van der Waals surface area (Å²) in [6.07, 6.45) is 3.21. The predicted molar refractivity (Wildman–Crippen MR) is 80.6 cm³/mol. The van der Waals surface area contributed by atoms with Crippen molar-refractivity contribution in [1.82, 2.24) is 15.1 Å². The Kier molecular flexibility index (Phi) is 4.40. The Morgan fingerprint density at radius 3 is 2.86 bits per heavy atom. The molecule has 1 aliphatic carbocycles. The van der Waals surface area contributed by atoms with E-state index in [4.69, 9.17) is 22.1 Å². The molecule has 7 nitrogen and oxygen atoms in total. The number of amides is 1. The van der Waals surface area contributed by atoms with Crippen LogP contribution in [0, 0.1) is 5.41 Å². The lowest BCUT2D eigenvalue weighted by Crippen LogP contribution is -2.63. The second-order valence-electron chi connectivity index (χ2n) is 6.02. The Balaban J connectivity index is 1.62. The van der Waals surface area contributed by atoms with Crippen LogP contribution in [0.5, 0.6) is 0 Å². The van der Waals surface area contributed by atoms with Crippen molar-refractivity contribution >= 4 is 17.5 Å². The normalized spacial score (nSPS) is 27.0. The first-order valence-corrected chi connectivity index (χ1v) is 7.94. The van der Waals surface area contributed by atoms with Gasteiger partial charge in [0, 0.05) is 31.5 Å². The molecule has 2 atom stereocenters. The van der Waals surface area contributed by atoms with E-state index in [1.54, 1.807) is 4.90 Å². The van der Waals surface area contributed by atoms with Gasteiger partial charge in [-0.2, -0.15) is 5.10 Å². The quantitative estimate of drug-likeness (QED) is 0.742. The first-order chi connectivity index (χ1) is 10.6. The highest BCUT2D eigenvalue weighted by molar-refractivity contribution is 6.33. The number of aliphatic hydroxyl groups excluding tert-OH is 1. The van der Waals surface area contributed by atoms with E-state index in [1.165, 1.54) is 6.20 Å². The zero-order valence-electron chi connectivity index (χ0n) is 12.3. The number of halogens is 1. The number of carbonyl (C=O) groups excluding carboxylic acids is 1. The van der Waals surface area contributed by atoms with Crippen molar-refractivity contribution in [1.29, 1.82) is 0 Å². The summed E-state index contributed by atoms with van der Waals surface area (Å²) >= 11 is 5.94. The lowest BCUT2D eigenvalue weighted by molar-refractivity contribution is -0.208. The Bertz CT molecular complexity index is 542. The predicted octanol–water partition coefficient (Wildman–Crippen LogP) is 0.394. The van der Waals surface area contributed by atoms with Crippen LogP contribution >= 0.6 is 11.6 Å². The first kappa shape index (κ1) is 15.7. The first-order valence-electron chi connectivity index (χ1n) is 7.56.